The minimum Gasteiger partial charge on any atom is -0.335 e. The Bertz CT molecular complexity index is 434. The van der Waals surface area contributed by atoms with E-state index in [2.05, 4.69) is 10.6 Å². The van der Waals surface area contributed by atoms with Gasteiger partial charge in [-0.15, -0.1) is 0 Å². The molecule has 2 amide bonds. The second-order valence-corrected chi connectivity index (χ2v) is 4.16. The molecule has 0 aliphatic carbocycles. The minimum absolute atomic E-state index is 0.0901. The van der Waals surface area contributed by atoms with Crippen LogP contribution in [0.25, 0.3) is 0 Å². The van der Waals surface area contributed by atoms with Crippen molar-refractivity contribution in [2.45, 2.75) is 25.6 Å². The molecule has 0 fully saturated rings. The minimum atomic E-state index is -4.43. The lowest BCUT2D eigenvalue weighted by Crippen LogP contribution is -2.37. The van der Waals surface area contributed by atoms with Crippen LogP contribution in [0.5, 0.6) is 0 Å². The van der Waals surface area contributed by atoms with E-state index in [1.807, 2.05) is 0 Å². The van der Waals surface area contributed by atoms with Crippen molar-refractivity contribution < 1.29 is 18.0 Å². The zero-order valence-electron chi connectivity index (χ0n) is 10.4. The summed E-state index contributed by atoms with van der Waals surface area (Å²) in [5.41, 5.74) is 4.61. The molecule has 0 radical (unpaired) electrons. The lowest BCUT2D eigenvalue weighted by molar-refractivity contribution is -0.137. The Hall–Kier alpha value is -1.76. The van der Waals surface area contributed by atoms with Gasteiger partial charge in [0.15, 0.2) is 0 Å². The standard InChI is InChI=1S/C12H16F3N3O/c1-8(5-6-16)17-11(19)18-10-4-2-3-9(7-10)12(13,14)15/h2-4,7-8H,5-6,16H2,1H3,(H2,17,18,19). The van der Waals surface area contributed by atoms with Crippen LogP contribution in [0.1, 0.15) is 18.9 Å². The molecule has 7 heteroatoms. The molecule has 1 aromatic carbocycles. The van der Waals surface area contributed by atoms with Crippen LogP contribution in [0, 0.1) is 0 Å². The van der Waals surface area contributed by atoms with Crippen molar-refractivity contribution in [2.24, 2.45) is 5.73 Å². The molecule has 0 spiro atoms. The number of carbonyl (C=O) groups excluding carboxylic acids is 1. The Kier molecular flexibility index (Phi) is 5.17. The average molecular weight is 275 g/mol. The molecule has 0 aliphatic rings. The van der Waals surface area contributed by atoms with Crippen LogP contribution in [-0.2, 0) is 6.18 Å². The van der Waals surface area contributed by atoms with Gasteiger partial charge < -0.3 is 16.4 Å². The number of urea groups is 1. The maximum absolute atomic E-state index is 12.5. The fourth-order valence-corrected chi connectivity index (χ4v) is 1.49. The summed E-state index contributed by atoms with van der Waals surface area (Å²) in [6, 6.07) is 3.76. The van der Waals surface area contributed by atoms with Gasteiger partial charge in [-0.3, -0.25) is 0 Å². The predicted octanol–water partition coefficient (Wildman–Crippen LogP) is 2.56. The molecular weight excluding hydrogens is 259 g/mol. The number of hydrogen-bond acceptors (Lipinski definition) is 2. The fourth-order valence-electron chi connectivity index (χ4n) is 1.49. The van der Waals surface area contributed by atoms with Gasteiger partial charge in [0.05, 0.1) is 5.56 Å². The monoisotopic (exact) mass is 275 g/mol. The number of nitrogens with one attached hydrogen (secondary N) is 2. The topological polar surface area (TPSA) is 67.1 Å². The van der Waals surface area contributed by atoms with E-state index in [1.54, 1.807) is 6.92 Å². The Labute approximate surface area is 109 Å². The van der Waals surface area contributed by atoms with E-state index >= 15 is 0 Å². The molecule has 0 saturated heterocycles. The SMILES string of the molecule is CC(CCN)NC(=O)Nc1cccc(C(F)(F)F)c1. The largest absolute Gasteiger partial charge is 0.416 e. The molecule has 4 N–H and O–H groups in total. The first-order chi connectivity index (χ1) is 8.82. The summed E-state index contributed by atoms with van der Waals surface area (Å²) in [4.78, 5) is 11.5. The van der Waals surface area contributed by atoms with Crippen molar-refractivity contribution >= 4 is 11.7 Å². The fraction of sp³-hybridized carbons (Fsp3) is 0.417. The van der Waals surface area contributed by atoms with Gasteiger partial charge in [-0.05, 0) is 38.1 Å². The highest BCUT2D eigenvalue weighted by Gasteiger charge is 2.30. The van der Waals surface area contributed by atoms with Crippen LogP contribution < -0.4 is 16.4 Å². The Morgan fingerprint density at radius 2 is 2.11 bits per heavy atom. The molecule has 1 rings (SSSR count). The summed E-state index contributed by atoms with van der Waals surface area (Å²) in [6.07, 6.45) is -3.84. The van der Waals surface area contributed by atoms with E-state index in [0.717, 1.165) is 12.1 Å². The first kappa shape index (κ1) is 15.3. The maximum Gasteiger partial charge on any atom is 0.416 e. The van der Waals surface area contributed by atoms with Gasteiger partial charge in [0.2, 0.25) is 0 Å². The van der Waals surface area contributed by atoms with E-state index in [9.17, 15) is 18.0 Å². The number of nitrogens with two attached hydrogens (primary N) is 1. The highest BCUT2D eigenvalue weighted by atomic mass is 19.4. The Morgan fingerprint density at radius 3 is 2.68 bits per heavy atom. The van der Waals surface area contributed by atoms with E-state index in [-0.39, 0.29) is 11.7 Å². The number of carbonyl (C=O) groups is 1. The predicted molar refractivity (Wildman–Crippen MR) is 66.7 cm³/mol. The number of amides is 2. The van der Waals surface area contributed by atoms with Crippen molar-refractivity contribution in [3.63, 3.8) is 0 Å². The number of hydrogen-bond donors (Lipinski definition) is 3. The number of halogens is 3. The second kappa shape index (κ2) is 6.42. The Balaban J connectivity index is 2.65. The molecule has 106 valence electrons. The van der Waals surface area contributed by atoms with Crippen LogP contribution in [0.3, 0.4) is 0 Å². The van der Waals surface area contributed by atoms with Gasteiger partial charge in [-0.2, -0.15) is 13.2 Å². The summed E-state index contributed by atoms with van der Waals surface area (Å²) < 4.78 is 37.4. The van der Waals surface area contributed by atoms with Gasteiger partial charge >= 0.3 is 12.2 Å². The first-order valence-electron chi connectivity index (χ1n) is 5.77. The summed E-state index contributed by atoms with van der Waals surface area (Å²) in [6.45, 7) is 2.18. The third kappa shape index (κ3) is 5.17. The molecule has 1 unspecified atom stereocenters. The lowest BCUT2D eigenvalue weighted by Gasteiger charge is -2.14. The highest BCUT2D eigenvalue weighted by molar-refractivity contribution is 5.89. The zero-order chi connectivity index (χ0) is 14.5. The van der Waals surface area contributed by atoms with E-state index in [1.165, 1.54) is 12.1 Å². The molecular formula is C12H16F3N3O. The van der Waals surface area contributed by atoms with Crippen LogP contribution in [0.4, 0.5) is 23.7 Å². The number of benzene rings is 1. The molecule has 19 heavy (non-hydrogen) atoms. The van der Waals surface area contributed by atoms with Crippen molar-refractivity contribution in [3.05, 3.63) is 29.8 Å². The summed E-state index contributed by atoms with van der Waals surface area (Å²) in [7, 11) is 0. The highest BCUT2D eigenvalue weighted by Crippen LogP contribution is 2.30. The molecule has 0 aromatic heterocycles. The number of rotatable bonds is 4. The van der Waals surface area contributed by atoms with Gasteiger partial charge in [0, 0.05) is 11.7 Å². The van der Waals surface area contributed by atoms with E-state index < -0.39 is 17.8 Å². The van der Waals surface area contributed by atoms with Gasteiger partial charge in [-0.25, -0.2) is 4.79 Å². The second-order valence-electron chi connectivity index (χ2n) is 4.16. The van der Waals surface area contributed by atoms with Gasteiger partial charge in [0.1, 0.15) is 0 Å². The van der Waals surface area contributed by atoms with Crippen LogP contribution >= 0.6 is 0 Å². The molecule has 0 saturated carbocycles. The quantitative estimate of drug-likeness (QED) is 0.790. The van der Waals surface area contributed by atoms with Gasteiger partial charge in [-0.1, -0.05) is 6.07 Å². The van der Waals surface area contributed by atoms with E-state index in [0.29, 0.717) is 13.0 Å². The number of alkyl halides is 3. The molecule has 0 aliphatic heterocycles. The summed E-state index contributed by atoms with van der Waals surface area (Å²) in [5, 5.41) is 4.93. The van der Waals surface area contributed by atoms with Gasteiger partial charge in [0.25, 0.3) is 0 Å². The molecule has 4 nitrogen and oxygen atoms in total. The van der Waals surface area contributed by atoms with Crippen molar-refractivity contribution in [1.82, 2.24) is 5.32 Å². The van der Waals surface area contributed by atoms with Crippen molar-refractivity contribution in [2.75, 3.05) is 11.9 Å². The maximum atomic E-state index is 12.5. The first-order valence-corrected chi connectivity index (χ1v) is 5.77. The van der Waals surface area contributed by atoms with Crippen LogP contribution in [0.2, 0.25) is 0 Å². The number of anilines is 1. The summed E-state index contributed by atoms with van der Waals surface area (Å²) in [5.74, 6) is 0. The molecule has 0 heterocycles. The molecule has 1 atom stereocenters. The van der Waals surface area contributed by atoms with Crippen molar-refractivity contribution in [1.29, 1.82) is 0 Å². The average Bonchev–Trinajstić information content (AvgIpc) is 2.28. The molecule has 0 bridgehead atoms. The Morgan fingerprint density at radius 1 is 1.42 bits per heavy atom. The van der Waals surface area contributed by atoms with Crippen molar-refractivity contribution in [3.8, 4) is 0 Å². The third-order valence-corrected chi connectivity index (χ3v) is 2.42. The lowest BCUT2D eigenvalue weighted by atomic mass is 10.2. The normalized spacial score (nSPS) is 12.9. The smallest absolute Gasteiger partial charge is 0.335 e. The van der Waals surface area contributed by atoms with Crippen LogP contribution in [-0.4, -0.2) is 18.6 Å². The summed E-state index contributed by atoms with van der Waals surface area (Å²) >= 11 is 0. The third-order valence-electron chi connectivity index (χ3n) is 2.42. The van der Waals surface area contributed by atoms with E-state index in [4.69, 9.17) is 5.73 Å². The van der Waals surface area contributed by atoms with Crippen LogP contribution in [0.15, 0.2) is 24.3 Å². The zero-order valence-corrected chi connectivity index (χ0v) is 10.4. The molecule has 1 aromatic rings.